The first kappa shape index (κ1) is 9.79. The van der Waals surface area contributed by atoms with E-state index in [1.807, 2.05) is 0 Å². The third-order valence-corrected chi connectivity index (χ3v) is 4.64. The molecule has 0 aromatic rings. The summed E-state index contributed by atoms with van der Waals surface area (Å²) in [5.41, 5.74) is -0.120. The van der Waals surface area contributed by atoms with Crippen molar-refractivity contribution in [2.45, 2.75) is 20.3 Å². The van der Waals surface area contributed by atoms with Crippen LogP contribution >= 0.6 is 0 Å². The molecule has 4 heterocycles. The van der Waals surface area contributed by atoms with E-state index >= 15 is 0 Å². The molecular formula is C12H20N2O. The molecule has 0 saturated carbocycles. The fourth-order valence-electron chi connectivity index (χ4n) is 3.97. The summed E-state index contributed by atoms with van der Waals surface area (Å²) in [6.07, 6.45) is 1.01. The second kappa shape index (κ2) is 2.83. The van der Waals surface area contributed by atoms with E-state index in [4.69, 9.17) is 0 Å². The summed E-state index contributed by atoms with van der Waals surface area (Å²) in [5, 5.41) is 0. The van der Waals surface area contributed by atoms with Crippen LogP contribution in [0.2, 0.25) is 0 Å². The standard InChI is InChI=1S/C12H20N2O/c1-3-12-8-13-4-5-14(9-12)7-11(2,6-13)10(12)15/h3-9H2,1-2H3. The summed E-state index contributed by atoms with van der Waals surface area (Å²) in [5.74, 6) is 0.548. The molecule has 4 fully saturated rings. The number of piperidine rings is 2. The molecule has 2 atom stereocenters. The van der Waals surface area contributed by atoms with Crippen LogP contribution in [0.4, 0.5) is 0 Å². The number of nitrogens with zero attached hydrogens (tertiary/aromatic N) is 2. The first-order chi connectivity index (χ1) is 7.08. The smallest absolute Gasteiger partial charge is 0.149 e. The van der Waals surface area contributed by atoms with E-state index in [9.17, 15) is 4.79 Å². The lowest BCUT2D eigenvalue weighted by molar-refractivity contribution is -0.154. The third-order valence-electron chi connectivity index (χ3n) is 4.64. The molecule has 0 aliphatic carbocycles. The lowest BCUT2D eigenvalue weighted by atomic mass is 9.63. The number of rotatable bonds is 1. The SMILES string of the molecule is CCC12CN3CCN(CC(C)(C3)C1=O)C2. The molecular weight excluding hydrogens is 188 g/mol. The molecule has 0 aromatic heterocycles. The Balaban J connectivity index is 2.08. The monoisotopic (exact) mass is 208 g/mol. The Kier molecular flexibility index (Phi) is 1.85. The number of carbonyl (C=O) groups is 1. The zero-order chi connectivity index (χ0) is 10.7. The van der Waals surface area contributed by atoms with Crippen molar-refractivity contribution in [2.75, 3.05) is 39.3 Å². The molecule has 4 aliphatic heterocycles. The fraction of sp³-hybridized carbons (Fsp3) is 0.917. The van der Waals surface area contributed by atoms with Gasteiger partial charge in [-0.3, -0.25) is 14.6 Å². The average molecular weight is 208 g/mol. The molecule has 84 valence electrons. The summed E-state index contributed by atoms with van der Waals surface area (Å²) in [4.78, 5) is 17.6. The highest BCUT2D eigenvalue weighted by atomic mass is 16.1. The van der Waals surface area contributed by atoms with Crippen LogP contribution in [0.15, 0.2) is 0 Å². The fourth-order valence-corrected chi connectivity index (χ4v) is 3.97. The molecule has 3 heteroatoms. The van der Waals surface area contributed by atoms with Crippen LogP contribution in [-0.4, -0.2) is 54.9 Å². The van der Waals surface area contributed by atoms with Crippen LogP contribution < -0.4 is 0 Å². The van der Waals surface area contributed by atoms with E-state index in [1.165, 1.54) is 0 Å². The summed E-state index contributed by atoms with van der Waals surface area (Å²) < 4.78 is 0. The molecule has 0 aromatic carbocycles. The lowest BCUT2D eigenvalue weighted by Crippen LogP contribution is -2.65. The molecule has 0 amide bonds. The lowest BCUT2D eigenvalue weighted by Gasteiger charge is -2.53. The number of hydrogen-bond acceptors (Lipinski definition) is 3. The number of carbonyl (C=O) groups excluding carboxylic acids is 1. The van der Waals surface area contributed by atoms with Crippen LogP contribution in [0.5, 0.6) is 0 Å². The molecule has 3 nitrogen and oxygen atoms in total. The Morgan fingerprint density at radius 1 is 1.13 bits per heavy atom. The molecule has 15 heavy (non-hydrogen) atoms. The predicted octanol–water partition coefficient (Wildman–Crippen LogP) is 0.603. The van der Waals surface area contributed by atoms with Crippen LogP contribution in [0, 0.1) is 10.8 Å². The molecule has 4 rings (SSSR count). The van der Waals surface area contributed by atoms with Gasteiger partial charge in [0.15, 0.2) is 0 Å². The zero-order valence-corrected chi connectivity index (χ0v) is 9.75. The first-order valence-electron chi connectivity index (χ1n) is 6.08. The van der Waals surface area contributed by atoms with E-state index in [1.54, 1.807) is 0 Å². The van der Waals surface area contributed by atoms with Gasteiger partial charge in [0, 0.05) is 39.3 Å². The van der Waals surface area contributed by atoms with Crippen molar-refractivity contribution < 1.29 is 4.79 Å². The Hall–Kier alpha value is -0.410. The largest absolute Gasteiger partial charge is 0.300 e. The molecule has 4 aliphatic rings. The zero-order valence-electron chi connectivity index (χ0n) is 9.75. The minimum Gasteiger partial charge on any atom is -0.300 e. The normalized spacial score (nSPS) is 53.3. The molecule has 2 unspecified atom stereocenters. The maximum Gasteiger partial charge on any atom is 0.149 e. The summed E-state index contributed by atoms with van der Waals surface area (Å²) in [6, 6.07) is 0. The highest BCUT2D eigenvalue weighted by molar-refractivity contribution is 5.92. The molecule has 0 spiro atoms. The average Bonchev–Trinajstić information content (AvgIpc) is 2.41. The highest BCUT2D eigenvalue weighted by Gasteiger charge is 2.58. The van der Waals surface area contributed by atoms with E-state index in [0.717, 1.165) is 45.7 Å². The van der Waals surface area contributed by atoms with Gasteiger partial charge in [0.1, 0.15) is 5.78 Å². The summed E-state index contributed by atoms with van der Waals surface area (Å²) in [7, 11) is 0. The first-order valence-corrected chi connectivity index (χ1v) is 6.08. The van der Waals surface area contributed by atoms with Crippen molar-refractivity contribution >= 4 is 5.78 Å². The van der Waals surface area contributed by atoms with Gasteiger partial charge in [0.2, 0.25) is 0 Å². The van der Waals surface area contributed by atoms with Crippen molar-refractivity contribution in [3.05, 3.63) is 0 Å². The van der Waals surface area contributed by atoms with Crippen LogP contribution in [0.25, 0.3) is 0 Å². The van der Waals surface area contributed by atoms with Crippen molar-refractivity contribution in [1.82, 2.24) is 9.80 Å². The Labute approximate surface area is 91.4 Å². The number of ketones is 1. The molecule has 4 bridgehead atoms. The van der Waals surface area contributed by atoms with Gasteiger partial charge in [-0.05, 0) is 6.42 Å². The summed E-state index contributed by atoms with van der Waals surface area (Å²) in [6.45, 7) is 10.7. The van der Waals surface area contributed by atoms with Crippen molar-refractivity contribution in [2.24, 2.45) is 10.8 Å². The minimum absolute atomic E-state index is 0.0399. The van der Waals surface area contributed by atoms with E-state index in [-0.39, 0.29) is 10.8 Å². The van der Waals surface area contributed by atoms with Gasteiger partial charge in [-0.2, -0.15) is 0 Å². The van der Waals surface area contributed by atoms with Crippen LogP contribution in [0.3, 0.4) is 0 Å². The Bertz CT molecular complexity index is 297. The van der Waals surface area contributed by atoms with Gasteiger partial charge in [0.25, 0.3) is 0 Å². The quantitative estimate of drug-likeness (QED) is 0.630. The Morgan fingerprint density at radius 2 is 1.67 bits per heavy atom. The number of hydrogen-bond donors (Lipinski definition) is 0. The number of Topliss-reactive ketones (excluding diaryl/α,β-unsaturated/α-hetero) is 1. The third kappa shape index (κ3) is 1.16. The van der Waals surface area contributed by atoms with Gasteiger partial charge in [-0.25, -0.2) is 0 Å². The van der Waals surface area contributed by atoms with Gasteiger partial charge in [-0.1, -0.05) is 13.8 Å². The molecule has 4 saturated heterocycles. The van der Waals surface area contributed by atoms with E-state index in [0.29, 0.717) is 5.78 Å². The van der Waals surface area contributed by atoms with Crippen LogP contribution in [-0.2, 0) is 4.79 Å². The van der Waals surface area contributed by atoms with E-state index in [2.05, 4.69) is 23.6 Å². The summed E-state index contributed by atoms with van der Waals surface area (Å²) >= 11 is 0. The van der Waals surface area contributed by atoms with Crippen molar-refractivity contribution in [3.63, 3.8) is 0 Å². The van der Waals surface area contributed by atoms with Gasteiger partial charge < -0.3 is 0 Å². The van der Waals surface area contributed by atoms with Gasteiger partial charge in [0.05, 0.1) is 10.8 Å². The van der Waals surface area contributed by atoms with Crippen LogP contribution in [0.1, 0.15) is 20.3 Å². The van der Waals surface area contributed by atoms with Crippen molar-refractivity contribution in [3.8, 4) is 0 Å². The molecule has 0 N–H and O–H groups in total. The predicted molar refractivity (Wildman–Crippen MR) is 58.7 cm³/mol. The minimum atomic E-state index is -0.0803. The molecule has 0 radical (unpaired) electrons. The Morgan fingerprint density at radius 3 is 2.13 bits per heavy atom. The maximum absolute atomic E-state index is 12.5. The van der Waals surface area contributed by atoms with Gasteiger partial charge in [-0.15, -0.1) is 0 Å². The van der Waals surface area contributed by atoms with Crippen molar-refractivity contribution in [1.29, 1.82) is 0 Å². The van der Waals surface area contributed by atoms with E-state index < -0.39 is 0 Å². The number of fused-ring (bicyclic) bond motifs is 1. The topological polar surface area (TPSA) is 23.6 Å². The second-order valence-electron chi connectivity index (χ2n) is 5.94. The van der Waals surface area contributed by atoms with Gasteiger partial charge >= 0.3 is 0 Å². The second-order valence-corrected chi connectivity index (χ2v) is 5.94. The highest BCUT2D eigenvalue weighted by Crippen LogP contribution is 2.45. The maximum atomic E-state index is 12.5.